The summed E-state index contributed by atoms with van der Waals surface area (Å²) >= 11 is 0. The topological polar surface area (TPSA) is 12.5 Å². The number of hydrogen-bond donors (Lipinski definition) is 0. The lowest BCUT2D eigenvalue weighted by atomic mass is 9.94. The first-order valence-corrected chi connectivity index (χ1v) is 8.55. The highest BCUT2D eigenvalue weighted by Crippen LogP contribution is 2.21. The molecule has 0 atom stereocenters. The van der Waals surface area contributed by atoms with Crippen LogP contribution in [0.4, 0.5) is 0 Å². The summed E-state index contributed by atoms with van der Waals surface area (Å²) in [5.41, 5.74) is 1.27. The van der Waals surface area contributed by atoms with E-state index < -0.39 is 0 Å². The first kappa shape index (κ1) is 15.7. The molecule has 1 heterocycles. The number of benzene rings is 2. The Bertz CT molecular complexity index is 586. The maximum Gasteiger partial charge on any atom is 0.119 e. The number of rotatable bonds is 6. The quantitative estimate of drug-likeness (QED) is 0.757. The lowest BCUT2D eigenvalue weighted by Crippen LogP contribution is -2.30. The maximum atomic E-state index is 5.81. The van der Waals surface area contributed by atoms with Crippen LogP contribution in [-0.4, -0.2) is 24.6 Å². The van der Waals surface area contributed by atoms with E-state index in [1.165, 1.54) is 18.4 Å². The molecule has 0 N–H and O–H groups in total. The molecule has 1 saturated heterocycles. The van der Waals surface area contributed by atoms with Gasteiger partial charge in [0.15, 0.2) is 0 Å². The second-order valence-corrected chi connectivity index (χ2v) is 6.16. The van der Waals surface area contributed by atoms with Crippen molar-refractivity contribution in [2.75, 3.05) is 19.7 Å². The van der Waals surface area contributed by atoms with Crippen LogP contribution in [0.5, 0.6) is 5.75 Å². The fourth-order valence-electron chi connectivity index (χ4n) is 3.01. The Kier molecular flexibility index (Phi) is 5.74. The van der Waals surface area contributed by atoms with Gasteiger partial charge in [-0.15, -0.1) is 0 Å². The summed E-state index contributed by atoms with van der Waals surface area (Å²) in [5, 5.41) is 0. The van der Waals surface area contributed by atoms with Gasteiger partial charge in [-0.2, -0.15) is 0 Å². The van der Waals surface area contributed by atoms with Crippen LogP contribution in [0.3, 0.4) is 0 Å². The van der Waals surface area contributed by atoms with Crippen molar-refractivity contribution in [3.8, 4) is 5.75 Å². The summed E-state index contributed by atoms with van der Waals surface area (Å²) in [6.45, 7) is 3.13. The SMILES string of the molecule is C(=CN1CCC(CCOc2ccccc2)CC1)c1ccccc1. The van der Waals surface area contributed by atoms with Crippen LogP contribution in [0.1, 0.15) is 24.8 Å². The summed E-state index contributed by atoms with van der Waals surface area (Å²) in [4.78, 5) is 2.43. The van der Waals surface area contributed by atoms with E-state index >= 15 is 0 Å². The number of hydrogen-bond acceptors (Lipinski definition) is 2. The molecule has 2 aromatic rings. The van der Waals surface area contributed by atoms with E-state index in [0.29, 0.717) is 0 Å². The van der Waals surface area contributed by atoms with Gasteiger partial charge in [0, 0.05) is 13.1 Å². The molecule has 2 aromatic carbocycles. The molecule has 0 bridgehead atoms. The Morgan fingerprint density at radius 3 is 2.26 bits per heavy atom. The van der Waals surface area contributed by atoms with Crippen LogP contribution in [0, 0.1) is 5.92 Å². The van der Waals surface area contributed by atoms with E-state index in [4.69, 9.17) is 4.74 Å². The molecular formula is C21H25NO. The number of piperidine rings is 1. The van der Waals surface area contributed by atoms with Gasteiger partial charge in [0.2, 0.25) is 0 Å². The molecule has 23 heavy (non-hydrogen) atoms. The minimum absolute atomic E-state index is 0.792. The Balaban J connectivity index is 1.36. The van der Waals surface area contributed by atoms with E-state index in [1.54, 1.807) is 0 Å². The molecule has 1 aliphatic rings. The van der Waals surface area contributed by atoms with E-state index in [2.05, 4.69) is 47.5 Å². The molecule has 3 rings (SSSR count). The third kappa shape index (κ3) is 5.17. The van der Waals surface area contributed by atoms with Crippen molar-refractivity contribution in [2.45, 2.75) is 19.3 Å². The first-order valence-electron chi connectivity index (χ1n) is 8.55. The second-order valence-electron chi connectivity index (χ2n) is 6.16. The number of likely N-dealkylation sites (tertiary alicyclic amines) is 1. The third-order valence-electron chi connectivity index (χ3n) is 4.46. The van der Waals surface area contributed by atoms with Gasteiger partial charge in [0.25, 0.3) is 0 Å². The van der Waals surface area contributed by atoms with Gasteiger partial charge >= 0.3 is 0 Å². The van der Waals surface area contributed by atoms with Crippen LogP contribution < -0.4 is 4.74 Å². The highest BCUT2D eigenvalue weighted by atomic mass is 16.5. The minimum Gasteiger partial charge on any atom is -0.494 e. The highest BCUT2D eigenvalue weighted by molar-refractivity contribution is 5.48. The van der Waals surface area contributed by atoms with Crippen molar-refractivity contribution in [3.63, 3.8) is 0 Å². The largest absolute Gasteiger partial charge is 0.494 e. The monoisotopic (exact) mass is 307 g/mol. The zero-order valence-electron chi connectivity index (χ0n) is 13.6. The van der Waals surface area contributed by atoms with Crippen molar-refractivity contribution in [1.29, 1.82) is 0 Å². The van der Waals surface area contributed by atoms with Crippen molar-refractivity contribution < 1.29 is 4.74 Å². The lowest BCUT2D eigenvalue weighted by Gasteiger charge is -2.31. The first-order chi connectivity index (χ1) is 11.4. The fourth-order valence-corrected chi connectivity index (χ4v) is 3.01. The highest BCUT2D eigenvalue weighted by Gasteiger charge is 2.16. The van der Waals surface area contributed by atoms with Gasteiger partial charge in [-0.25, -0.2) is 0 Å². The Hall–Kier alpha value is -2.22. The number of ether oxygens (including phenoxy) is 1. The number of nitrogens with zero attached hydrogens (tertiary/aromatic N) is 1. The van der Waals surface area contributed by atoms with Gasteiger partial charge in [-0.05, 0) is 55.2 Å². The van der Waals surface area contributed by atoms with E-state index in [9.17, 15) is 0 Å². The Morgan fingerprint density at radius 1 is 0.913 bits per heavy atom. The lowest BCUT2D eigenvalue weighted by molar-refractivity contribution is 0.202. The molecule has 0 aliphatic carbocycles. The third-order valence-corrected chi connectivity index (χ3v) is 4.46. The molecule has 120 valence electrons. The molecule has 0 amide bonds. The summed E-state index contributed by atoms with van der Waals surface area (Å²) in [5.74, 6) is 1.77. The average molecular weight is 307 g/mol. The van der Waals surface area contributed by atoms with Crippen molar-refractivity contribution in [3.05, 3.63) is 72.4 Å². The molecule has 0 aromatic heterocycles. The second kappa shape index (κ2) is 8.42. The van der Waals surface area contributed by atoms with Crippen molar-refractivity contribution >= 4 is 6.08 Å². The zero-order valence-corrected chi connectivity index (χ0v) is 13.6. The number of para-hydroxylation sites is 1. The standard InChI is InChI=1S/C21H25NO/c1-3-7-19(8-4-1)11-15-22-16-12-20(13-17-22)14-18-23-21-9-5-2-6-10-21/h1-11,15,20H,12-14,16-18H2. The summed E-state index contributed by atoms with van der Waals surface area (Å²) < 4.78 is 5.81. The molecule has 2 nitrogen and oxygen atoms in total. The average Bonchev–Trinajstić information content (AvgIpc) is 2.63. The van der Waals surface area contributed by atoms with Gasteiger partial charge in [-0.3, -0.25) is 0 Å². The maximum absolute atomic E-state index is 5.81. The molecular weight excluding hydrogens is 282 g/mol. The van der Waals surface area contributed by atoms with Crippen LogP contribution in [0.15, 0.2) is 66.9 Å². The zero-order chi connectivity index (χ0) is 15.7. The van der Waals surface area contributed by atoms with Crippen LogP contribution in [0.25, 0.3) is 6.08 Å². The summed E-state index contributed by atoms with van der Waals surface area (Å²) in [6, 6.07) is 20.6. The molecule has 0 radical (unpaired) electrons. The van der Waals surface area contributed by atoms with Gasteiger partial charge in [-0.1, -0.05) is 48.5 Å². The molecule has 1 fully saturated rings. The Labute approximate surface area is 139 Å². The minimum atomic E-state index is 0.792. The molecule has 1 aliphatic heterocycles. The molecule has 0 spiro atoms. The van der Waals surface area contributed by atoms with Gasteiger partial charge in [0.1, 0.15) is 5.75 Å². The van der Waals surface area contributed by atoms with E-state index in [0.717, 1.165) is 37.8 Å². The Morgan fingerprint density at radius 2 is 1.57 bits per heavy atom. The van der Waals surface area contributed by atoms with E-state index in [-0.39, 0.29) is 0 Å². The molecule has 0 unspecified atom stereocenters. The summed E-state index contributed by atoms with van der Waals surface area (Å²) in [6.07, 6.45) is 8.13. The molecule has 0 saturated carbocycles. The summed E-state index contributed by atoms with van der Waals surface area (Å²) in [7, 11) is 0. The smallest absolute Gasteiger partial charge is 0.119 e. The predicted molar refractivity (Wildman–Crippen MR) is 96.3 cm³/mol. The van der Waals surface area contributed by atoms with Crippen LogP contribution >= 0.6 is 0 Å². The van der Waals surface area contributed by atoms with Crippen molar-refractivity contribution in [2.24, 2.45) is 5.92 Å². The molecule has 2 heteroatoms. The van der Waals surface area contributed by atoms with Crippen molar-refractivity contribution in [1.82, 2.24) is 4.90 Å². The van der Waals surface area contributed by atoms with E-state index in [1.807, 2.05) is 30.3 Å². The fraction of sp³-hybridized carbons (Fsp3) is 0.333. The van der Waals surface area contributed by atoms with Gasteiger partial charge < -0.3 is 9.64 Å². The van der Waals surface area contributed by atoms with Gasteiger partial charge in [0.05, 0.1) is 6.61 Å². The van der Waals surface area contributed by atoms with Crippen LogP contribution in [-0.2, 0) is 0 Å². The normalized spacial score (nSPS) is 15.9. The van der Waals surface area contributed by atoms with Crippen LogP contribution in [0.2, 0.25) is 0 Å². The predicted octanol–water partition coefficient (Wildman–Crippen LogP) is 4.84.